The quantitative estimate of drug-likeness (QED) is 0.737. The number of hydrogen-bond donors (Lipinski definition) is 1. The summed E-state index contributed by atoms with van der Waals surface area (Å²) >= 11 is 0. The molecule has 3 heterocycles. The second kappa shape index (κ2) is 4.10. The van der Waals surface area contributed by atoms with E-state index in [1.165, 1.54) is 0 Å². The van der Waals surface area contributed by atoms with Crippen molar-refractivity contribution in [1.29, 1.82) is 5.41 Å². The molecule has 0 amide bonds. The van der Waals surface area contributed by atoms with Gasteiger partial charge in [-0.1, -0.05) is 12.1 Å². The topological polar surface area (TPSA) is 50.6 Å². The molecule has 0 bridgehead atoms. The number of hydrogen-bond acceptors (Lipinski definition) is 4. The van der Waals surface area contributed by atoms with Gasteiger partial charge in [-0.2, -0.15) is 0 Å². The maximum absolute atomic E-state index is 12.7. The average Bonchev–Trinajstić information content (AvgIpc) is 3.12. The van der Waals surface area contributed by atoms with Crippen molar-refractivity contribution in [3.63, 3.8) is 0 Å². The zero-order valence-corrected chi connectivity index (χ0v) is 12.3. The lowest BCUT2D eigenvalue weighted by molar-refractivity contribution is -0.116. The van der Waals surface area contributed by atoms with E-state index >= 15 is 0 Å². The van der Waals surface area contributed by atoms with E-state index in [1.54, 1.807) is 0 Å². The molecule has 2 saturated heterocycles. The van der Waals surface area contributed by atoms with Crippen LogP contribution >= 0.6 is 0 Å². The molecule has 3 aliphatic heterocycles. The van der Waals surface area contributed by atoms with Crippen molar-refractivity contribution in [2.45, 2.75) is 18.9 Å². The number of anilines is 2. The van der Waals surface area contributed by atoms with E-state index in [-0.39, 0.29) is 11.8 Å². The van der Waals surface area contributed by atoms with Crippen LogP contribution in [-0.2, 0) is 4.79 Å². The number of ketones is 1. The molecule has 108 valence electrons. The third-order valence-corrected chi connectivity index (χ3v) is 4.79. The summed E-state index contributed by atoms with van der Waals surface area (Å²) in [6, 6.07) is 7.98. The molecule has 2 fully saturated rings. The van der Waals surface area contributed by atoms with E-state index in [2.05, 4.69) is 0 Å². The minimum absolute atomic E-state index is 0.106. The van der Waals surface area contributed by atoms with Crippen LogP contribution in [0.4, 0.5) is 11.4 Å². The van der Waals surface area contributed by atoms with Crippen LogP contribution in [0.15, 0.2) is 35.7 Å². The number of para-hydroxylation sites is 2. The Bertz CT molecular complexity index is 638. The fourth-order valence-corrected chi connectivity index (χ4v) is 3.77. The number of fused-ring (bicyclic) bond motifs is 2. The van der Waals surface area contributed by atoms with E-state index < -0.39 is 0 Å². The number of Topliss-reactive ketones (excluding diaryl/α,β-unsaturated/α-hetero) is 1. The lowest BCUT2D eigenvalue weighted by Gasteiger charge is -2.21. The Balaban J connectivity index is 1.87. The van der Waals surface area contributed by atoms with Crippen molar-refractivity contribution in [3.05, 3.63) is 35.7 Å². The summed E-state index contributed by atoms with van der Waals surface area (Å²) in [5.41, 5.74) is 2.73. The van der Waals surface area contributed by atoms with Crippen LogP contribution < -0.4 is 9.80 Å². The van der Waals surface area contributed by atoms with Gasteiger partial charge in [0, 0.05) is 20.6 Å². The van der Waals surface area contributed by atoms with Gasteiger partial charge in [0.05, 0.1) is 17.4 Å². The summed E-state index contributed by atoms with van der Waals surface area (Å²) in [6.07, 6.45) is 1.88. The minimum atomic E-state index is -0.106. The first-order valence-electron chi connectivity index (χ1n) is 7.32. The molecular formula is C16H18N4O. The number of rotatable bonds is 0. The monoisotopic (exact) mass is 282 g/mol. The predicted molar refractivity (Wildman–Crippen MR) is 82.7 cm³/mol. The standard InChI is InChI=1S/C16H18N4O/c1-18-10-6-3-4-7-11(10)19(2)16(18)13-14(21)12-8-5-9-20(12)15(13)17/h3-4,6-7,12,17H,5,8-9H2,1-2H3/t12-/m0/s1. The molecule has 0 aromatic heterocycles. The number of amidine groups is 1. The third-order valence-electron chi connectivity index (χ3n) is 4.79. The highest BCUT2D eigenvalue weighted by molar-refractivity contribution is 6.29. The first-order chi connectivity index (χ1) is 10.1. The SMILES string of the molecule is CN1C(=C2C(=N)N3CCC[C@H]3C2=O)N(C)c2ccccc21. The van der Waals surface area contributed by atoms with Crippen LogP contribution in [0.3, 0.4) is 0 Å². The summed E-state index contributed by atoms with van der Waals surface area (Å²) in [4.78, 5) is 18.7. The molecule has 0 aliphatic carbocycles. The summed E-state index contributed by atoms with van der Waals surface area (Å²) in [5.74, 6) is 1.34. The molecule has 0 radical (unpaired) electrons. The Labute approximate surface area is 124 Å². The summed E-state index contributed by atoms with van der Waals surface area (Å²) in [5, 5.41) is 8.41. The van der Waals surface area contributed by atoms with Crippen LogP contribution in [-0.4, -0.2) is 43.2 Å². The minimum Gasteiger partial charge on any atom is -0.346 e. The average molecular weight is 282 g/mol. The highest BCUT2D eigenvalue weighted by Gasteiger charge is 2.47. The highest BCUT2D eigenvalue weighted by atomic mass is 16.1. The normalized spacial score (nSPS) is 24.3. The summed E-state index contributed by atoms with van der Waals surface area (Å²) < 4.78 is 0. The van der Waals surface area contributed by atoms with Crippen LogP contribution in [0.5, 0.6) is 0 Å². The van der Waals surface area contributed by atoms with Gasteiger partial charge in [0.2, 0.25) is 0 Å². The van der Waals surface area contributed by atoms with Gasteiger partial charge in [-0.3, -0.25) is 10.2 Å². The molecule has 0 spiro atoms. The predicted octanol–water partition coefficient (Wildman–Crippen LogP) is 1.81. The van der Waals surface area contributed by atoms with Gasteiger partial charge in [-0.05, 0) is 25.0 Å². The van der Waals surface area contributed by atoms with Gasteiger partial charge in [0.25, 0.3) is 0 Å². The number of benzene rings is 1. The second-order valence-electron chi connectivity index (χ2n) is 5.87. The van der Waals surface area contributed by atoms with Crippen LogP contribution in [0.2, 0.25) is 0 Å². The van der Waals surface area contributed by atoms with Crippen molar-refractivity contribution in [2.24, 2.45) is 0 Å². The first kappa shape index (κ1) is 12.4. The Morgan fingerprint density at radius 3 is 2.33 bits per heavy atom. The number of nitrogens with zero attached hydrogens (tertiary/aromatic N) is 3. The molecule has 1 aromatic rings. The van der Waals surface area contributed by atoms with E-state index in [9.17, 15) is 4.79 Å². The van der Waals surface area contributed by atoms with Crippen molar-refractivity contribution in [2.75, 3.05) is 30.4 Å². The number of carbonyl (C=O) groups excluding carboxylic acids is 1. The van der Waals surface area contributed by atoms with Gasteiger partial charge in [0.15, 0.2) is 5.78 Å². The largest absolute Gasteiger partial charge is 0.346 e. The van der Waals surface area contributed by atoms with Crippen LogP contribution in [0.1, 0.15) is 12.8 Å². The molecule has 5 heteroatoms. The van der Waals surface area contributed by atoms with Gasteiger partial charge >= 0.3 is 0 Å². The van der Waals surface area contributed by atoms with Gasteiger partial charge in [0.1, 0.15) is 17.2 Å². The third kappa shape index (κ3) is 1.46. The maximum atomic E-state index is 12.7. The zero-order valence-electron chi connectivity index (χ0n) is 12.3. The fourth-order valence-electron chi connectivity index (χ4n) is 3.77. The number of nitrogens with one attached hydrogen (secondary N) is 1. The molecule has 1 atom stereocenters. The van der Waals surface area contributed by atoms with E-state index in [4.69, 9.17) is 5.41 Å². The Kier molecular flexibility index (Phi) is 2.43. The molecule has 1 N–H and O–H groups in total. The second-order valence-corrected chi connectivity index (χ2v) is 5.87. The molecule has 5 nitrogen and oxygen atoms in total. The molecular weight excluding hydrogens is 264 g/mol. The van der Waals surface area contributed by atoms with E-state index in [1.807, 2.05) is 53.1 Å². The molecule has 0 unspecified atom stereocenters. The molecule has 21 heavy (non-hydrogen) atoms. The highest BCUT2D eigenvalue weighted by Crippen LogP contribution is 2.42. The Hall–Kier alpha value is -2.30. The van der Waals surface area contributed by atoms with E-state index in [0.717, 1.165) is 36.6 Å². The first-order valence-corrected chi connectivity index (χ1v) is 7.32. The van der Waals surface area contributed by atoms with Gasteiger partial charge in [-0.25, -0.2) is 0 Å². The van der Waals surface area contributed by atoms with Crippen molar-refractivity contribution < 1.29 is 4.79 Å². The van der Waals surface area contributed by atoms with Gasteiger partial charge < -0.3 is 14.7 Å². The lowest BCUT2D eigenvalue weighted by atomic mass is 10.1. The maximum Gasteiger partial charge on any atom is 0.192 e. The molecule has 0 saturated carbocycles. The van der Waals surface area contributed by atoms with Crippen LogP contribution in [0, 0.1) is 5.41 Å². The summed E-state index contributed by atoms with van der Waals surface area (Å²) in [6.45, 7) is 0.826. The zero-order chi connectivity index (χ0) is 14.7. The fraction of sp³-hybridized carbons (Fsp3) is 0.375. The molecule has 1 aromatic carbocycles. The molecule has 3 aliphatic rings. The van der Waals surface area contributed by atoms with Gasteiger partial charge in [-0.15, -0.1) is 0 Å². The Morgan fingerprint density at radius 1 is 1.14 bits per heavy atom. The number of carbonyl (C=O) groups is 1. The van der Waals surface area contributed by atoms with Crippen molar-refractivity contribution in [3.8, 4) is 0 Å². The lowest BCUT2D eigenvalue weighted by Crippen LogP contribution is -2.29. The van der Waals surface area contributed by atoms with E-state index in [0.29, 0.717) is 11.4 Å². The van der Waals surface area contributed by atoms with Crippen LogP contribution in [0.25, 0.3) is 0 Å². The molecule has 4 rings (SSSR count). The van der Waals surface area contributed by atoms with Crippen molar-refractivity contribution in [1.82, 2.24) is 4.90 Å². The summed E-state index contributed by atoms with van der Waals surface area (Å²) in [7, 11) is 3.93. The smallest absolute Gasteiger partial charge is 0.192 e. The van der Waals surface area contributed by atoms with Crippen molar-refractivity contribution >= 4 is 23.0 Å². The Morgan fingerprint density at radius 2 is 1.76 bits per heavy atom.